The van der Waals surface area contributed by atoms with Gasteiger partial charge in [0.05, 0.1) is 0 Å². The molecule has 0 saturated carbocycles. The SMILES string of the molecule is C=CCCCCCCC/[C]=C/CCCCCC. The summed E-state index contributed by atoms with van der Waals surface area (Å²) in [7, 11) is 0. The highest BCUT2D eigenvalue weighted by atomic mass is 13.9. The molecule has 0 heteroatoms. The molecule has 0 heterocycles. The van der Waals surface area contributed by atoms with Crippen LogP contribution >= 0.6 is 0 Å². The van der Waals surface area contributed by atoms with E-state index >= 15 is 0 Å². The van der Waals surface area contributed by atoms with Crippen molar-refractivity contribution in [3.63, 3.8) is 0 Å². The molecule has 0 N–H and O–H groups in total. The van der Waals surface area contributed by atoms with E-state index in [9.17, 15) is 0 Å². The van der Waals surface area contributed by atoms with Gasteiger partial charge in [0.2, 0.25) is 0 Å². The topological polar surface area (TPSA) is 0 Å². The predicted octanol–water partition coefficient (Wildman–Crippen LogP) is 6.23. The van der Waals surface area contributed by atoms with E-state index in [1.54, 1.807) is 0 Å². The third-order valence-corrected chi connectivity index (χ3v) is 3.08. The maximum absolute atomic E-state index is 3.74. The number of allylic oxidation sites excluding steroid dienone is 3. The Morgan fingerprint density at radius 1 is 0.824 bits per heavy atom. The molecule has 0 bridgehead atoms. The summed E-state index contributed by atoms with van der Waals surface area (Å²) in [6.07, 6.45) is 23.5. The molecule has 17 heavy (non-hydrogen) atoms. The molecule has 0 rings (SSSR count). The first-order chi connectivity index (χ1) is 8.41. The van der Waals surface area contributed by atoms with Crippen molar-refractivity contribution in [2.45, 2.75) is 84.0 Å². The Hall–Kier alpha value is -0.520. The van der Waals surface area contributed by atoms with Crippen LogP contribution in [0, 0.1) is 6.08 Å². The van der Waals surface area contributed by atoms with Gasteiger partial charge in [-0.05, 0) is 44.6 Å². The van der Waals surface area contributed by atoms with E-state index in [-0.39, 0.29) is 0 Å². The molecule has 0 nitrogen and oxygen atoms in total. The minimum atomic E-state index is 1.16. The van der Waals surface area contributed by atoms with Crippen LogP contribution in [0.25, 0.3) is 0 Å². The van der Waals surface area contributed by atoms with E-state index in [4.69, 9.17) is 0 Å². The summed E-state index contributed by atoms with van der Waals surface area (Å²) in [6, 6.07) is 0. The average molecular weight is 235 g/mol. The molecule has 0 aliphatic heterocycles. The largest absolute Gasteiger partial charge is 0.103 e. The lowest BCUT2D eigenvalue weighted by atomic mass is 10.1. The first-order valence-corrected chi connectivity index (χ1v) is 7.57. The van der Waals surface area contributed by atoms with Gasteiger partial charge >= 0.3 is 0 Å². The second kappa shape index (κ2) is 15.5. The van der Waals surface area contributed by atoms with Gasteiger partial charge in [0.1, 0.15) is 0 Å². The van der Waals surface area contributed by atoms with Crippen molar-refractivity contribution >= 4 is 0 Å². The van der Waals surface area contributed by atoms with E-state index in [0.717, 1.165) is 6.42 Å². The lowest BCUT2D eigenvalue weighted by molar-refractivity contribution is 0.618. The molecule has 0 aliphatic rings. The first kappa shape index (κ1) is 16.5. The molecule has 0 aromatic carbocycles. The van der Waals surface area contributed by atoms with Crippen LogP contribution in [0.15, 0.2) is 18.7 Å². The summed E-state index contributed by atoms with van der Waals surface area (Å²) in [5, 5.41) is 0. The van der Waals surface area contributed by atoms with Gasteiger partial charge in [-0.1, -0.05) is 57.6 Å². The molecular formula is C17H31. The third-order valence-electron chi connectivity index (χ3n) is 3.08. The fourth-order valence-electron chi connectivity index (χ4n) is 1.92. The fraction of sp³-hybridized carbons (Fsp3) is 0.765. The van der Waals surface area contributed by atoms with Gasteiger partial charge in [-0.3, -0.25) is 0 Å². The highest BCUT2D eigenvalue weighted by Gasteiger charge is 1.89. The van der Waals surface area contributed by atoms with Crippen molar-refractivity contribution in [2.24, 2.45) is 0 Å². The summed E-state index contributed by atoms with van der Waals surface area (Å²) >= 11 is 0. The van der Waals surface area contributed by atoms with E-state index in [1.807, 2.05) is 6.08 Å². The monoisotopic (exact) mass is 235 g/mol. The Bertz CT molecular complexity index is 167. The zero-order chi connectivity index (χ0) is 12.6. The van der Waals surface area contributed by atoms with Crippen LogP contribution in [0.1, 0.15) is 84.0 Å². The average Bonchev–Trinajstić information content (AvgIpc) is 2.35. The van der Waals surface area contributed by atoms with Gasteiger partial charge in [-0.15, -0.1) is 6.58 Å². The fourth-order valence-corrected chi connectivity index (χ4v) is 1.92. The summed E-state index contributed by atoms with van der Waals surface area (Å²) < 4.78 is 0. The minimum absolute atomic E-state index is 1.16. The lowest BCUT2D eigenvalue weighted by Crippen LogP contribution is -1.78. The summed E-state index contributed by atoms with van der Waals surface area (Å²) in [5.74, 6) is 0. The number of hydrogen-bond donors (Lipinski definition) is 0. The quantitative estimate of drug-likeness (QED) is 0.262. The minimum Gasteiger partial charge on any atom is -0.103 e. The standard InChI is InChI=1S/C17H31/c1-3-5-7-9-11-13-15-17-16-14-12-10-8-6-4-2/h3,14H,1,4-13,15,17H2,2H3. The van der Waals surface area contributed by atoms with Gasteiger partial charge in [0.25, 0.3) is 0 Å². The third kappa shape index (κ3) is 15.5. The molecule has 0 fully saturated rings. The highest BCUT2D eigenvalue weighted by Crippen LogP contribution is 2.08. The molecule has 0 unspecified atom stereocenters. The Morgan fingerprint density at radius 3 is 2.24 bits per heavy atom. The molecule has 1 radical (unpaired) electrons. The molecule has 99 valence electrons. The number of unbranched alkanes of at least 4 members (excludes halogenated alkanes) is 10. The number of rotatable bonds is 13. The van der Waals surface area contributed by atoms with Crippen LogP contribution < -0.4 is 0 Å². The van der Waals surface area contributed by atoms with Crippen LogP contribution in [0.2, 0.25) is 0 Å². The maximum atomic E-state index is 3.74. The van der Waals surface area contributed by atoms with Crippen LogP contribution in [0.5, 0.6) is 0 Å². The van der Waals surface area contributed by atoms with Crippen LogP contribution in [0.4, 0.5) is 0 Å². The normalized spacial score (nSPS) is 11.1. The zero-order valence-corrected chi connectivity index (χ0v) is 11.8. The second-order valence-corrected chi connectivity index (χ2v) is 4.85. The smallest absolute Gasteiger partial charge is 0.0279 e. The van der Waals surface area contributed by atoms with E-state index in [2.05, 4.69) is 25.7 Å². The lowest BCUT2D eigenvalue weighted by Gasteiger charge is -1.98. The molecule has 0 aromatic heterocycles. The molecule has 0 saturated heterocycles. The van der Waals surface area contributed by atoms with Crippen molar-refractivity contribution in [2.75, 3.05) is 0 Å². The van der Waals surface area contributed by atoms with Gasteiger partial charge in [-0.25, -0.2) is 0 Å². The zero-order valence-electron chi connectivity index (χ0n) is 11.8. The number of hydrogen-bond acceptors (Lipinski definition) is 0. The van der Waals surface area contributed by atoms with Crippen molar-refractivity contribution in [1.29, 1.82) is 0 Å². The van der Waals surface area contributed by atoms with Crippen molar-refractivity contribution in [3.8, 4) is 0 Å². The van der Waals surface area contributed by atoms with E-state index in [1.165, 1.54) is 70.6 Å². The summed E-state index contributed by atoms with van der Waals surface area (Å²) in [4.78, 5) is 0. The highest BCUT2D eigenvalue weighted by molar-refractivity contribution is 4.73. The molecule has 0 amide bonds. The predicted molar refractivity (Wildman–Crippen MR) is 79.1 cm³/mol. The van der Waals surface area contributed by atoms with Crippen molar-refractivity contribution < 1.29 is 0 Å². The molecule has 0 aromatic rings. The molecule has 0 spiro atoms. The molecular weight excluding hydrogens is 204 g/mol. The maximum Gasteiger partial charge on any atom is -0.0279 e. The van der Waals surface area contributed by atoms with Crippen LogP contribution in [0.3, 0.4) is 0 Å². The second-order valence-electron chi connectivity index (χ2n) is 4.85. The van der Waals surface area contributed by atoms with Crippen molar-refractivity contribution in [3.05, 3.63) is 24.8 Å². The Labute approximate surface area is 109 Å². The Balaban J connectivity index is 3.01. The molecule has 0 atom stereocenters. The van der Waals surface area contributed by atoms with Gasteiger partial charge in [0.15, 0.2) is 0 Å². The Kier molecular flexibility index (Phi) is 15.0. The van der Waals surface area contributed by atoms with Crippen molar-refractivity contribution in [1.82, 2.24) is 0 Å². The summed E-state index contributed by atoms with van der Waals surface area (Å²) in [5.41, 5.74) is 0. The van der Waals surface area contributed by atoms with Crippen LogP contribution in [-0.4, -0.2) is 0 Å². The van der Waals surface area contributed by atoms with E-state index in [0.29, 0.717) is 0 Å². The first-order valence-electron chi connectivity index (χ1n) is 7.57. The van der Waals surface area contributed by atoms with Gasteiger partial charge in [-0.2, -0.15) is 0 Å². The molecule has 0 aliphatic carbocycles. The van der Waals surface area contributed by atoms with Crippen LogP contribution in [-0.2, 0) is 0 Å². The van der Waals surface area contributed by atoms with Gasteiger partial charge in [0, 0.05) is 0 Å². The Morgan fingerprint density at radius 2 is 1.47 bits per heavy atom. The van der Waals surface area contributed by atoms with Gasteiger partial charge < -0.3 is 0 Å². The summed E-state index contributed by atoms with van der Waals surface area (Å²) in [6.45, 7) is 6.00. The van der Waals surface area contributed by atoms with E-state index < -0.39 is 0 Å².